The number of aromatic nitrogens is 4. The predicted octanol–water partition coefficient (Wildman–Crippen LogP) is 0.416. The highest BCUT2D eigenvalue weighted by molar-refractivity contribution is 5.80. The summed E-state index contributed by atoms with van der Waals surface area (Å²) in [6, 6.07) is 6.02. The van der Waals surface area contributed by atoms with E-state index in [9.17, 15) is 0 Å². The molecular formula is C16H24N8. The Bertz CT molecular complexity index is 685. The lowest BCUT2D eigenvalue weighted by atomic mass is 10.3. The molecule has 3 rings (SSSR count). The number of aliphatic imine (C=N–C) groups is 1. The van der Waals surface area contributed by atoms with E-state index in [0.717, 1.165) is 49.6 Å². The number of hydrogen-bond donors (Lipinski definition) is 1. The van der Waals surface area contributed by atoms with Gasteiger partial charge >= 0.3 is 0 Å². The minimum atomic E-state index is 0.616. The molecule has 24 heavy (non-hydrogen) atoms. The van der Waals surface area contributed by atoms with Crippen molar-refractivity contribution in [3.63, 3.8) is 0 Å². The van der Waals surface area contributed by atoms with Gasteiger partial charge in [-0.25, -0.2) is 4.98 Å². The lowest BCUT2D eigenvalue weighted by Gasteiger charge is -2.37. The molecule has 0 aromatic carbocycles. The number of guanidine groups is 1. The molecule has 8 heteroatoms. The third-order valence-corrected chi connectivity index (χ3v) is 4.35. The zero-order valence-electron chi connectivity index (χ0n) is 14.5. The fourth-order valence-electron chi connectivity index (χ4n) is 2.78. The van der Waals surface area contributed by atoms with E-state index >= 15 is 0 Å². The lowest BCUT2D eigenvalue weighted by Crippen LogP contribution is -2.52. The van der Waals surface area contributed by atoms with Crippen LogP contribution in [0.15, 0.2) is 29.4 Å². The Morgan fingerprint density at radius 1 is 1.21 bits per heavy atom. The van der Waals surface area contributed by atoms with Crippen molar-refractivity contribution in [3.05, 3.63) is 36.0 Å². The van der Waals surface area contributed by atoms with E-state index in [2.05, 4.69) is 41.4 Å². The molecule has 128 valence electrons. The van der Waals surface area contributed by atoms with E-state index in [0.29, 0.717) is 6.54 Å². The monoisotopic (exact) mass is 328 g/mol. The van der Waals surface area contributed by atoms with Gasteiger partial charge in [0.1, 0.15) is 11.6 Å². The minimum Gasteiger partial charge on any atom is -0.353 e. The van der Waals surface area contributed by atoms with Crippen LogP contribution in [0.1, 0.15) is 11.6 Å². The van der Waals surface area contributed by atoms with Crippen LogP contribution in [0.3, 0.4) is 0 Å². The van der Waals surface area contributed by atoms with Crippen LogP contribution in [0.2, 0.25) is 0 Å². The second-order valence-electron chi connectivity index (χ2n) is 5.79. The van der Waals surface area contributed by atoms with Crippen molar-refractivity contribution in [1.29, 1.82) is 0 Å². The Kier molecular flexibility index (Phi) is 4.93. The van der Waals surface area contributed by atoms with Gasteiger partial charge < -0.3 is 19.7 Å². The Morgan fingerprint density at radius 2 is 2.00 bits per heavy atom. The molecule has 1 aliphatic heterocycles. The first-order valence-corrected chi connectivity index (χ1v) is 8.15. The largest absolute Gasteiger partial charge is 0.353 e. The summed E-state index contributed by atoms with van der Waals surface area (Å²) in [5, 5.41) is 11.6. The van der Waals surface area contributed by atoms with Gasteiger partial charge in [0.05, 0.1) is 6.54 Å². The summed E-state index contributed by atoms with van der Waals surface area (Å²) in [4.78, 5) is 13.4. The zero-order chi connectivity index (χ0) is 16.9. The van der Waals surface area contributed by atoms with Crippen molar-refractivity contribution in [2.75, 3.05) is 38.1 Å². The second kappa shape index (κ2) is 7.29. The molecule has 2 aromatic heterocycles. The first-order valence-electron chi connectivity index (χ1n) is 8.15. The molecule has 8 nitrogen and oxygen atoms in total. The fraction of sp³-hybridized carbons (Fsp3) is 0.500. The Labute approximate surface area is 142 Å². The van der Waals surface area contributed by atoms with Gasteiger partial charge in [-0.2, -0.15) is 0 Å². The third kappa shape index (κ3) is 3.47. The maximum Gasteiger partial charge on any atom is 0.194 e. The summed E-state index contributed by atoms with van der Waals surface area (Å²) < 4.78 is 1.99. The normalized spacial score (nSPS) is 15.7. The molecule has 0 atom stereocenters. The van der Waals surface area contributed by atoms with Crippen LogP contribution in [-0.2, 0) is 13.6 Å². The van der Waals surface area contributed by atoms with Crippen LogP contribution in [-0.4, -0.2) is 63.8 Å². The zero-order valence-corrected chi connectivity index (χ0v) is 14.5. The van der Waals surface area contributed by atoms with Crippen molar-refractivity contribution in [3.8, 4) is 0 Å². The molecule has 0 aliphatic carbocycles. The van der Waals surface area contributed by atoms with Crippen molar-refractivity contribution in [1.82, 2.24) is 30.0 Å². The lowest BCUT2D eigenvalue weighted by molar-refractivity contribution is 0.370. The summed E-state index contributed by atoms with van der Waals surface area (Å²) in [6.07, 6.45) is 1.84. The van der Waals surface area contributed by atoms with Gasteiger partial charge in [0.2, 0.25) is 0 Å². The van der Waals surface area contributed by atoms with Crippen LogP contribution in [0, 0.1) is 6.92 Å². The van der Waals surface area contributed by atoms with Gasteiger partial charge in [-0.15, -0.1) is 10.2 Å². The van der Waals surface area contributed by atoms with Crippen molar-refractivity contribution >= 4 is 11.8 Å². The van der Waals surface area contributed by atoms with Gasteiger partial charge in [-0.05, 0) is 19.1 Å². The summed E-state index contributed by atoms with van der Waals surface area (Å²) in [7, 11) is 3.79. The fourth-order valence-corrected chi connectivity index (χ4v) is 2.78. The first-order chi connectivity index (χ1) is 11.7. The maximum atomic E-state index is 4.42. The van der Waals surface area contributed by atoms with Gasteiger partial charge in [0.25, 0.3) is 0 Å². The van der Waals surface area contributed by atoms with Crippen LogP contribution in [0.4, 0.5) is 5.82 Å². The molecule has 3 heterocycles. The summed E-state index contributed by atoms with van der Waals surface area (Å²) in [5.74, 6) is 3.75. The second-order valence-corrected chi connectivity index (χ2v) is 5.79. The number of aryl methyl sites for hydroxylation is 1. The summed E-state index contributed by atoms with van der Waals surface area (Å²) >= 11 is 0. The van der Waals surface area contributed by atoms with E-state index in [1.807, 2.05) is 43.9 Å². The molecule has 0 unspecified atom stereocenters. The number of anilines is 1. The van der Waals surface area contributed by atoms with E-state index in [-0.39, 0.29) is 0 Å². The molecule has 0 saturated carbocycles. The first kappa shape index (κ1) is 16.2. The number of nitrogens with zero attached hydrogens (tertiary/aromatic N) is 7. The molecule has 2 aromatic rings. The average molecular weight is 328 g/mol. The molecule has 1 N–H and O–H groups in total. The molecule has 1 saturated heterocycles. The Balaban J connectivity index is 1.55. The number of nitrogens with one attached hydrogen (secondary N) is 1. The van der Waals surface area contributed by atoms with Crippen molar-refractivity contribution in [2.24, 2.45) is 12.0 Å². The Hall–Kier alpha value is -2.64. The van der Waals surface area contributed by atoms with E-state index in [1.165, 1.54) is 0 Å². The average Bonchev–Trinajstić information content (AvgIpc) is 2.96. The highest BCUT2D eigenvalue weighted by Gasteiger charge is 2.20. The maximum absolute atomic E-state index is 4.42. The SMILES string of the molecule is CN=C(NCc1nnc(C)n1C)N1CCN(c2ccccn2)CC1. The molecular weight excluding hydrogens is 304 g/mol. The predicted molar refractivity (Wildman–Crippen MR) is 94.0 cm³/mol. The topological polar surface area (TPSA) is 74.5 Å². The van der Waals surface area contributed by atoms with Crippen LogP contribution in [0.25, 0.3) is 0 Å². The number of rotatable bonds is 3. The van der Waals surface area contributed by atoms with E-state index < -0.39 is 0 Å². The van der Waals surface area contributed by atoms with Crippen LogP contribution in [0.5, 0.6) is 0 Å². The number of hydrogen-bond acceptors (Lipinski definition) is 5. The van der Waals surface area contributed by atoms with Gasteiger partial charge in [-0.3, -0.25) is 4.99 Å². The molecule has 0 bridgehead atoms. The van der Waals surface area contributed by atoms with Gasteiger partial charge in [-0.1, -0.05) is 6.07 Å². The third-order valence-electron chi connectivity index (χ3n) is 4.35. The number of pyridine rings is 1. The van der Waals surface area contributed by atoms with Crippen molar-refractivity contribution in [2.45, 2.75) is 13.5 Å². The smallest absolute Gasteiger partial charge is 0.194 e. The molecule has 1 fully saturated rings. The van der Waals surface area contributed by atoms with Gasteiger partial charge in [0, 0.05) is 46.5 Å². The van der Waals surface area contributed by atoms with Gasteiger partial charge in [0.15, 0.2) is 11.8 Å². The summed E-state index contributed by atoms with van der Waals surface area (Å²) in [5.41, 5.74) is 0. The van der Waals surface area contributed by atoms with Crippen LogP contribution >= 0.6 is 0 Å². The molecule has 0 spiro atoms. The summed E-state index contributed by atoms with van der Waals surface area (Å²) in [6.45, 7) is 6.25. The van der Waals surface area contributed by atoms with E-state index in [1.54, 1.807) is 0 Å². The number of piperazine rings is 1. The standard InChI is InChI=1S/C16H24N8/c1-13-20-21-15(22(13)3)12-19-16(17-2)24-10-8-23(9-11-24)14-6-4-5-7-18-14/h4-7H,8-12H2,1-3H3,(H,17,19). The quantitative estimate of drug-likeness (QED) is 0.650. The molecule has 0 radical (unpaired) electrons. The van der Waals surface area contributed by atoms with E-state index in [4.69, 9.17) is 0 Å². The molecule has 0 amide bonds. The van der Waals surface area contributed by atoms with Crippen LogP contribution < -0.4 is 10.2 Å². The molecule has 1 aliphatic rings. The highest BCUT2D eigenvalue weighted by Crippen LogP contribution is 2.12. The van der Waals surface area contributed by atoms with Crippen molar-refractivity contribution < 1.29 is 0 Å². The Morgan fingerprint density at radius 3 is 2.58 bits per heavy atom. The highest BCUT2D eigenvalue weighted by atomic mass is 15.4. The minimum absolute atomic E-state index is 0.616.